The largest absolute Gasteiger partial charge is 0.468 e. The minimum absolute atomic E-state index is 0.262. The van der Waals surface area contributed by atoms with Crippen LogP contribution >= 0.6 is 11.8 Å². The Morgan fingerprint density at radius 2 is 2.05 bits per heavy atom. The highest BCUT2D eigenvalue weighted by Crippen LogP contribution is 2.26. The lowest BCUT2D eigenvalue weighted by Gasteiger charge is -2.10. The van der Waals surface area contributed by atoms with Crippen molar-refractivity contribution in [3.8, 4) is 11.4 Å². The first-order valence-electron chi connectivity index (χ1n) is 6.40. The van der Waals surface area contributed by atoms with Gasteiger partial charge in [0.25, 0.3) is 0 Å². The summed E-state index contributed by atoms with van der Waals surface area (Å²) < 4.78 is 6.73. The number of hydrogen-bond acceptors (Lipinski definition) is 5. The Bertz CT molecular complexity index is 583. The SMILES string of the molecule is CCn1c(SC(C)C(=O)OC)nnc1-c1ccccc1. The monoisotopic (exact) mass is 291 g/mol. The van der Waals surface area contributed by atoms with E-state index >= 15 is 0 Å². The maximum atomic E-state index is 11.5. The van der Waals surface area contributed by atoms with E-state index in [1.807, 2.05) is 41.8 Å². The predicted octanol–water partition coefficient (Wildman–Crippen LogP) is 2.62. The van der Waals surface area contributed by atoms with Crippen molar-refractivity contribution in [1.82, 2.24) is 14.8 Å². The second kappa shape index (κ2) is 6.56. The number of carbonyl (C=O) groups is 1. The zero-order valence-corrected chi connectivity index (χ0v) is 12.6. The summed E-state index contributed by atoms with van der Waals surface area (Å²) in [6.07, 6.45) is 0. The number of nitrogens with zero attached hydrogens (tertiary/aromatic N) is 3. The van der Waals surface area contributed by atoms with E-state index in [0.717, 1.165) is 23.1 Å². The Kier molecular flexibility index (Phi) is 4.79. The highest BCUT2D eigenvalue weighted by atomic mass is 32.2. The Morgan fingerprint density at radius 3 is 2.65 bits per heavy atom. The highest BCUT2D eigenvalue weighted by Gasteiger charge is 2.20. The topological polar surface area (TPSA) is 57.0 Å². The number of benzene rings is 1. The van der Waals surface area contributed by atoms with Gasteiger partial charge in [-0.15, -0.1) is 10.2 Å². The van der Waals surface area contributed by atoms with E-state index in [2.05, 4.69) is 10.2 Å². The average Bonchev–Trinajstić information content (AvgIpc) is 2.89. The molecule has 0 saturated carbocycles. The normalized spacial score (nSPS) is 12.2. The molecule has 0 saturated heterocycles. The fourth-order valence-electron chi connectivity index (χ4n) is 1.83. The minimum Gasteiger partial charge on any atom is -0.468 e. The molecule has 0 aliphatic heterocycles. The maximum absolute atomic E-state index is 11.5. The van der Waals surface area contributed by atoms with Crippen LogP contribution in [0.5, 0.6) is 0 Å². The molecule has 106 valence electrons. The number of hydrogen-bond donors (Lipinski definition) is 0. The molecule has 1 atom stereocenters. The molecule has 0 radical (unpaired) electrons. The van der Waals surface area contributed by atoms with Crippen molar-refractivity contribution < 1.29 is 9.53 Å². The fourth-order valence-corrected chi connectivity index (χ4v) is 2.77. The molecule has 1 aromatic carbocycles. The molecular formula is C14H17N3O2S. The van der Waals surface area contributed by atoms with Gasteiger partial charge in [0.05, 0.1) is 7.11 Å². The second-order valence-corrected chi connectivity index (χ2v) is 5.51. The molecule has 1 unspecified atom stereocenters. The first-order valence-corrected chi connectivity index (χ1v) is 7.28. The molecule has 6 heteroatoms. The molecular weight excluding hydrogens is 274 g/mol. The summed E-state index contributed by atoms with van der Waals surface area (Å²) in [4.78, 5) is 11.5. The summed E-state index contributed by atoms with van der Waals surface area (Å²) in [5.41, 5.74) is 1.01. The molecule has 20 heavy (non-hydrogen) atoms. The zero-order valence-electron chi connectivity index (χ0n) is 11.7. The van der Waals surface area contributed by atoms with Crippen molar-refractivity contribution in [3.63, 3.8) is 0 Å². The summed E-state index contributed by atoms with van der Waals surface area (Å²) in [7, 11) is 1.39. The summed E-state index contributed by atoms with van der Waals surface area (Å²) >= 11 is 1.36. The van der Waals surface area contributed by atoms with Gasteiger partial charge in [0.2, 0.25) is 0 Å². The average molecular weight is 291 g/mol. The van der Waals surface area contributed by atoms with Gasteiger partial charge in [-0.2, -0.15) is 0 Å². The molecule has 0 aliphatic rings. The lowest BCUT2D eigenvalue weighted by atomic mass is 10.2. The zero-order chi connectivity index (χ0) is 14.5. The van der Waals surface area contributed by atoms with Crippen molar-refractivity contribution in [2.24, 2.45) is 0 Å². The Morgan fingerprint density at radius 1 is 1.35 bits per heavy atom. The van der Waals surface area contributed by atoms with Gasteiger partial charge in [0, 0.05) is 12.1 Å². The number of carbonyl (C=O) groups excluding carboxylic acids is 1. The van der Waals surface area contributed by atoms with Crippen LogP contribution in [-0.4, -0.2) is 33.1 Å². The Hall–Kier alpha value is -1.82. The van der Waals surface area contributed by atoms with E-state index in [4.69, 9.17) is 4.74 Å². The molecule has 0 N–H and O–H groups in total. The number of thioether (sulfide) groups is 1. The van der Waals surface area contributed by atoms with E-state index in [1.165, 1.54) is 18.9 Å². The molecule has 0 bridgehead atoms. The van der Waals surface area contributed by atoms with Crippen LogP contribution in [0.25, 0.3) is 11.4 Å². The second-order valence-electron chi connectivity index (χ2n) is 4.20. The van der Waals surface area contributed by atoms with Crippen molar-refractivity contribution in [2.45, 2.75) is 30.8 Å². The van der Waals surface area contributed by atoms with Crippen LogP contribution in [0.15, 0.2) is 35.5 Å². The van der Waals surface area contributed by atoms with Gasteiger partial charge >= 0.3 is 5.97 Å². The number of ether oxygens (including phenoxy) is 1. The van der Waals surface area contributed by atoms with Crippen LogP contribution in [0, 0.1) is 0 Å². The van der Waals surface area contributed by atoms with Gasteiger partial charge in [-0.25, -0.2) is 0 Å². The van der Waals surface area contributed by atoms with Crippen LogP contribution < -0.4 is 0 Å². The van der Waals surface area contributed by atoms with Gasteiger partial charge in [0.15, 0.2) is 11.0 Å². The van der Waals surface area contributed by atoms with Gasteiger partial charge in [-0.1, -0.05) is 42.1 Å². The molecule has 0 spiro atoms. The van der Waals surface area contributed by atoms with Crippen molar-refractivity contribution in [3.05, 3.63) is 30.3 Å². The fraction of sp³-hybridized carbons (Fsp3) is 0.357. The molecule has 2 aromatic rings. The summed E-state index contributed by atoms with van der Waals surface area (Å²) in [6, 6.07) is 9.88. The van der Waals surface area contributed by atoms with Gasteiger partial charge in [0.1, 0.15) is 5.25 Å². The van der Waals surface area contributed by atoms with E-state index in [0.29, 0.717) is 0 Å². The molecule has 0 fully saturated rings. The third-order valence-electron chi connectivity index (χ3n) is 2.88. The summed E-state index contributed by atoms with van der Waals surface area (Å²) in [5.74, 6) is 0.551. The highest BCUT2D eigenvalue weighted by molar-refractivity contribution is 8.00. The molecule has 0 aliphatic carbocycles. The van der Waals surface area contributed by atoms with Crippen molar-refractivity contribution in [1.29, 1.82) is 0 Å². The van der Waals surface area contributed by atoms with E-state index < -0.39 is 0 Å². The number of esters is 1. The van der Waals surface area contributed by atoms with Crippen LogP contribution in [0.1, 0.15) is 13.8 Å². The van der Waals surface area contributed by atoms with E-state index in [-0.39, 0.29) is 11.2 Å². The third-order valence-corrected chi connectivity index (χ3v) is 3.94. The van der Waals surface area contributed by atoms with Crippen LogP contribution in [0.2, 0.25) is 0 Å². The minimum atomic E-state index is -0.307. The van der Waals surface area contributed by atoms with Crippen LogP contribution in [0.3, 0.4) is 0 Å². The van der Waals surface area contributed by atoms with E-state index in [9.17, 15) is 4.79 Å². The molecule has 2 rings (SSSR count). The number of rotatable bonds is 5. The Balaban J connectivity index is 2.28. The summed E-state index contributed by atoms with van der Waals surface area (Å²) in [6.45, 7) is 4.57. The van der Waals surface area contributed by atoms with Gasteiger partial charge in [-0.05, 0) is 13.8 Å². The van der Waals surface area contributed by atoms with Gasteiger partial charge in [-0.3, -0.25) is 4.79 Å². The first-order chi connectivity index (χ1) is 9.67. The van der Waals surface area contributed by atoms with Crippen LogP contribution in [-0.2, 0) is 16.1 Å². The molecule has 0 amide bonds. The van der Waals surface area contributed by atoms with Crippen LogP contribution in [0.4, 0.5) is 0 Å². The Labute approximate surface area is 122 Å². The number of methoxy groups -OCH3 is 1. The first kappa shape index (κ1) is 14.6. The van der Waals surface area contributed by atoms with Crippen molar-refractivity contribution >= 4 is 17.7 Å². The smallest absolute Gasteiger partial charge is 0.318 e. The molecule has 5 nitrogen and oxygen atoms in total. The lowest BCUT2D eigenvalue weighted by molar-refractivity contribution is -0.139. The number of aromatic nitrogens is 3. The lowest BCUT2D eigenvalue weighted by Crippen LogP contribution is -2.15. The quantitative estimate of drug-likeness (QED) is 0.626. The molecule has 1 heterocycles. The predicted molar refractivity (Wildman–Crippen MR) is 78.5 cm³/mol. The molecule has 1 aromatic heterocycles. The standard InChI is InChI=1S/C14H17N3O2S/c1-4-17-12(11-8-6-5-7-9-11)15-16-14(17)20-10(2)13(18)19-3/h5-10H,4H2,1-3H3. The van der Waals surface area contributed by atoms with Crippen molar-refractivity contribution in [2.75, 3.05) is 7.11 Å². The van der Waals surface area contributed by atoms with Gasteiger partial charge < -0.3 is 9.30 Å². The third kappa shape index (κ3) is 3.01. The van der Waals surface area contributed by atoms with E-state index in [1.54, 1.807) is 6.92 Å². The summed E-state index contributed by atoms with van der Waals surface area (Å²) in [5, 5.41) is 8.84. The maximum Gasteiger partial charge on any atom is 0.318 e.